The number of carbonyl (C=O) groups excluding carboxylic acids is 1. The molecule has 1 aliphatic rings. The fourth-order valence-corrected chi connectivity index (χ4v) is 5.36. The third-order valence-electron chi connectivity index (χ3n) is 6.36. The van der Waals surface area contributed by atoms with E-state index in [0.29, 0.717) is 28.0 Å². The molecular weight excluding hydrogens is 529 g/mol. The standard InChI is InChI=1S/C27H26FN3O7S/c1-15-21-12-22-23(26(33)29-2)24(16-4-8-18(9-5-16)37-19-10-6-17(28)7-11-19)38-27(22)30-25(21)31(39(3,34)35)13-20(14-32)36-15/h4-12,15,20,32H,13-14H2,1-3H3,(H,29,33)/t15-,20-/m0/s1. The lowest BCUT2D eigenvalue weighted by Crippen LogP contribution is -2.38. The van der Waals surface area contributed by atoms with E-state index in [9.17, 15) is 22.7 Å². The predicted octanol–water partition coefficient (Wildman–Crippen LogP) is 4.00. The molecule has 0 spiro atoms. The first-order valence-corrected chi connectivity index (χ1v) is 13.9. The molecule has 5 rings (SSSR count). The Kier molecular flexibility index (Phi) is 7.02. The molecule has 3 heterocycles. The van der Waals surface area contributed by atoms with E-state index < -0.39 is 28.1 Å². The van der Waals surface area contributed by atoms with Crippen LogP contribution in [0.3, 0.4) is 0 Å². The van der Waals surface area contributed by atoms with E-state index in [0.717, 1.165) is 10.6 Å². The maximum atomic E-state index is 13.2. The number of nitrogens with zero attached hydrogens (tertiary/aromatic N) is 2. The van der Waals surface area contributed by atoms with Crippen molar-refractivity contribution in [2.24, 2.45) is 0 Å². The molecule has 2 aromatic heterocycles. The number of anilines is 1. The van der Waals surface area contributed by atoms with Crippen LogP contribution < -0.4 is 14.4 Å². The summed E-state index contributed by atoms with van der Waals surface area (Å²) in [5, 5.41) is 12.7. The Morgan fingerprint density at radius 1 is 1.18 bits per heavy atom. The van der Waals surface area contributed by atoms with Gasteiger partial charge in [-0.1, -0.05) is 0 Å². The monoisotopic (exact) mass is 555 g/mol. The molecule has 0 unspecified atom stereocenters. The second-order valence-electron chi connectivity index (χ2n) is 9.10. The number of sulfonamides is 1. The van der Waals surface area contributed by atoms with Gasteiger partial charge in [0.2, 0.25) is 15.7 Å². The van der Waals surface area contributed by atoms with Crippen molar-refractivity contribution in [1.29, 1.82) is 0 Å². The molecule has 2 aromatic carbocycles. The number of benzene rings is 2. The maximum Gasteiger partial charge on any atom is 0.255 e. The van der Waals surface area contributed by atoms with Crippen molar-refractivity contribution in [2.75, 3.05) is 30.8 Å². The summed E-state index contributed by atoms with van der Waals surface area (Å²) in [7, 11) is -2.29. The molecule has 1 aliphatic heterocycles. The van der Waals surface area contributed by atoms with E-state index in [1.165, 1.54) is 31.3 Å². The second-order valence-corrected chi connectivity index (χ2v) is 11.0. The number of hydrogen-bond acceptors (Lipinski definition) is 8. The van der Waals surface area contributed by atoms with Gasteiger partial charge >= 0.3 is 0 Å². The van der Waals surface area contributed by atoms with Gasteiger partial charge in [0.1, 0.15) is 29.2 Å². The van der Waals surface area contributed by atoms with Crippen LogP contribution in [0, 0.1) is 5.82 Å². The number of aliphatic hydroxyl groups is 1. The summed E-state index contributed by atoms with van der Waals surface area (Å²) in [4.78, 5) is 17.6. The SMILES string of the molecule is CNC(=O)c1c(-c2ccc(Oc3ccc(F)cc3)cc2)oc2nc3c(cc12)[C@H](C)O[C@H](CO)CN3S(C)(=O)=O. The Hall–Kier alpha value is -4.00. The predicted molar refractivity (Wildman–Crippen MR) is 142 cm³/mol. The minimum Gasteiger partial charge on any atom is -0.457 e. The fourth-order valence-electron chi connectivity index (χ4n) is 4.47. The van der Waals surface area contributed by atoms with Crippen LogP contribution in [-0.4, -0.2) is 57.0 Å². The average molecular weight is 556 g/mol. The first kappa shape index (κ1) is 26.6. The van der Waals surface area contributed by atoms with Gasteiger partial charge in [-0.25, -0.2) is 12.8 Å². The van der Waals surface area contributed by atoms with Crippen LogP contribution in [0.5, 0.6) is 11.5 Å². The fraction of sp³-hybridized carbons (Fsp3) is 0.259. The van der Waals surface area contributed by atoms with Gasteiger partial charge in [-0.05, 0) is 61.5 Å². The van der Waals surface area contributed by atoms with Gasteiger partial charge in [0.05, 0.1) is 36.5 Å². The summed E-state index contributed by atoms with van der Waals surface area (Å²) < 4.78 is 57.3. The summed E-state index contributed by atoms with van der Waals surface area (Å²) >= 11 is 0. The largest absolute Gasteiger partial charge is 0.457 e. The van der Waals surface area contributed by atoms with Gasteiger partial charge in [0, 0.05) is 18.2 Å². The number of ether oxygens (including phenoxy) is 2. The molecule has 0 radical (unpaired) electrons. The molecule has 2 atom stereocenters. The summed E-state index contributed by atoms with van der Waals surface area (Å²) in [5.41, 5.74) is 1.27. The number of hydrogen-bond donors (Lipinski definition) is 2. The van der Waals surface area contributed by atoms with Crippen molar-refractivity contribution in [3.05, 3.63) is 71.5 Å². The highest BCUT2D eigenvalue weighted by Gasteiger charge is 2.34. The second kappa shape index (κ2) is 10.3. The number of pyridine rings is 1. The molecule has 4 aromatic rings. The normalized spacial score (nSPS) is 17.5. The molecule has 2 N–H and O–H groups in total. The van der Waals surface area contributed by atoms with Crippen molar-refractivity contribution in [3.8, 4) is 22.8 Å². The van der Waals surface area contributed by atoms with Crippen molar-refractivity contribution in [3.63, 3.8) is 0 Å². The quantitative estimate of drug-likeness (QED) is 0.365. The van der Waals surface area contributed by atoms with Gasteiger partial charge in [-0.15, -0.1) is 0 Å². The Bertz CT molecular complexity index is 1640. The van der Waals surface area contributed by atoms with Gasteiger partial charge in [-0.3, -0.25) is 9.10 Å². The molecular formula is C27H26FN3O7S. The van der Waals surface area contributed by atoms with Crippen molar-refractivity contribution < 1.29 is 36.6 Å². The number of rotatable bonds is 6. The van der Waals surface area contributed by atoms with Gasteiger partial charge in [0.15, 0.2) is 5.82 Å². The van der Waals surface area contributed by atoms with Crippen LogP contribution in [0.1, 0.15) is 28.9 Å². The van der Waals surface area contributed by atoms with Gasteiger partial charge in [-0.2, -0.15) is 4.98 Å². The lowest BCUT2D eigenvalue weighted by atomic mass is 10.0. The molecule has 0 saturated heterocycles. The van der Waals surface area contributed by atoms with Crippen LogP contribution in [0.15, 0.2) is 59.0 Å². The lowest BCUT2D eigenvalue weighted by Gasteiger charge is -2.22. The Morgan fingerprint density at radius 3 is 2.41 bits per heavy atom. The summed E-state index contributed by atoms with van der Waals surface area (Å²) in [6, 6.07) is 14.0. The van der Waals surface area contributed by atoms with E-state index in [-0.39, 0.29) is 41.8 Å². The van der Waals surface area contributed by atoms with E-state index in [1.54, 1.807) is 37.3 Å². The summed E-state index contributed by atoms with van der Waals surface area (Å²) in [6.07, 6.45) is -0.342. The molecule has 0 aliphatic carbocycles. The number of halogens is 1. The van der Waals surface area contributed by atoms with Gasteiger partial charge in [0.25, 0.3) is 5.91 Å². The van der Waals surface area contributed by atoms with Crippen LogP contribution in [0.25, 0.3) is 22.4 Å². The van der Waals surface area contributed by atoms with Crippen LogP contribution in [-0.2, 0) is 14.8 Å². The number of nitrogens with one attached hydrogen (secondary N) is 1. The highest BCUT2D eigenvalue weighted by atomic mass is 32.2. The highest BCUT2D eigenvalue weighted by molar-refractivity contribution is 7.92. The maximum absolute atomic E-state index is 13.2. The molecule has 39 heavy (non-hydrogen) atoms. The minimum atomic E-state index is -3.78. The zero-order chi connectivity index (χ0) is 27.9. The number of aromatic nitrogens is 1. The molecule has 1 amide bonds. The zero-order valence-corrected chi connectivity index (χ0v) is 22.2. The zero-order valence-electron chi connectivity index (χ0n) is 21.3. The van der Waals surface area contributed by atoms with Crippen LogP contribution >= 0.6 is 0 Å². The third-order valence-corrected chi connectivity index (χ3v) is 7.48. The number of furan rings is 1. The molecule has 10 nitrogen and oxygen atoms in total. The number of fused-ring (bicyclic) bond motifs is 2. The van der Waals surface area contributed by atoms with Gasteiger partial charge < -0.3 is 24.3 Å². The smallest absolute Gasteiger partial charge is 0.255 e. The van der Waals surface area contributed by atoms with Crippen molar-refractivity contribution >= 4 is 32.8 Å². The Labute approximate surface area is 224 Å². The van der Waals surface area contributed by atoms with E-state index in [1.807, 2.05) is 0 Å². The molecule has 204 valence electrons. The molecule has 0 fully saturated rings. The van der Waals surface area contributed by atoms with Crippen molar-refractivity contribution in [2.45, 2.75) is 19.1 Å². The minimum absolute atomic E-state index is 0.0669. The molecule has 0 saturated carbocycles. The van der Waals surface area contributed by atoms with E-state index in [2.05, 4.69) is 10.3 Å². The Balaban J connectivity index is 1.61. The van der Waals surface area contributed by atoms with Crippen molar-refractivity contribution in [1.82, 2.24) is 10.3 Å². The van der Waals surface area contributed by atoms with Crippen LogP contribution in [0.2, 0.25) is 0 Å². The highest BCUT2D eigenvalue weighted by Crippen LogP contribution is 2.40. The number of aliphatic hydroxyl groups excluding tert-OH is 1. The third kappa shape index (κ3) is 5.18. The summed E-state index contributed by atoms with van der Waals surface area (Å²) in [5.74, 6) is 0.496. The topological polar surface area (TPSA) is 131 Å². The van der Waals surface area contributed by atoms with E-state index >= 15 is 0 Å². The number of carbonyl (C=O) groups is 1. The molecule has 12 heteroatoms. The lowest BCUT2D eigenvalue weighted by molar-refractivity contribution is -0.0227. The first-order valence-electron chi connectivity index (χ1n) is 12.1. The number of amides is 1. The Morgan fingerprint density at radius 2 is 1.82 bits per heavy atom. The average Bonchev–Trinajstić information content (AvgIpc) is 3.22. The van der Waals surface area contributed by atoms with E-state index in [4.69, 9.17) is 13.9 Å². The summed E-state index contributed by atoms with van der Waals surface area (Å²) in [6.45, 7) is 1.22. The molecule has 0 bridgehead atoms. The van der Waals surface area contributed by atoms with Crippen LogP contribution in [0.4, 0.5) is 10.2 Å². The first-order chi connectivity index (χ1) is 18.6.